The Kier molecular flexibility index (Phi) is 7.33. The number of carbonyl (C=O) groups excluding carboxylic acids is 2. The van der Waals surface area contributed by atoms with E-state index in [-0.39, 0.29) is 24.7 Å². The Morgan fingerprint density at radius 3 is 2.16 bits per heavy atom. The van der Waals surface area contributed by atoms with E-state index in [4.69, 9.17) is 0 Å². The molecule has 31 heavy (non-hydrogen) atoms. The summed E-state index contributed by atoms with van der Waals surface area (Å²) in [4.78, 5) is 24.3. The second-order valence-electron chi connectivity index (χ2n) is 7.54. The number of amides is 2. The van der Waals surface area contributed by atoms with Gasteiger partial charge < -0.3 is 5.32 Å². The standard InChI is InChI=1S/C26H27N3O2/c1-18-9-10-19(2)24(17-18)27-25(30)15-16-26(31)29-28-20(3)21-11-13-23(14-12-21)22-7-5-4-6-8-22/h4-14,17H,15-16H2,1-3H3,(H,27,30)(H,29,31)/b28-20+. The van der Waals surface area contributed by atoms with Crippen molar-refractivity contribution in [2.45, 2.75) is 33.6 Å². The number of anilines is 1. The van der Waals surface area contributed by atoms with Crippen LogP contribution in [0.15, 0.2) is 77.9 Å². The van der Waals surface area contributed by atoms with Crippen molar-refractivity contribution in [3.8, 4) is 11.1 Å². The van der Waals surface area contributed by atoms with Gasteiger partial charge in [-0.05, 0) is 54.7 Å². The van der Waals surface area contributed by atoms with Crippen LogP contribution < -0.4 is 10.7 Å². The lowest BCUT2D eigenvalue weighted by Crippen LogP contribution is -2.22. The number of rotatable bonds is 7. The fourth-order valence-electron chi connectivity index (χ4n) is 3.11. The maximum Gasteiger partial charge on any atom is 0.240 e. The first-order valence-corrected chi connectivity index (χ1v) is 10.3. The molecule has 3 rings (SSSR count). The Labute approximate surface area is 183 Å². The van der Waals surface area contributed by atoms with Gasteiger partial charge in [0.15, 0.2) is 0 Å². The highest BCUT2D eigenvalue weighted by molar-refractivity contribution is 6.00. The maximum atomic E-state index is 12.2. The predicted octanol–water partition coefficient (Wildman–Crippen LogP) is 5.23. The Morgan fingerprint density at radius 2 is 1.45 bits per heavy atom. The molecule has 0 radical (unpaired) electrons. The van der Waals surface area contributed by atoms with Crippen molar-refractivity contribution in [1.82, 2.24) is 5.43 Å². The van der Waals surface area contributed by atoms with E-state index >= 15 is 0 Å². The van der Waals surface area contributed by atoms with E-state index in [9.17, 15) is 9.59 Å². The van der Waals surface area contributed by atoms with E-state index in [1.54, 1.807) is 0 Å². The van der Waals surface area contributed by atoms with E-state index in [0.29, 0.717) is 5.71 Å². The first-order valence-electron chi connectivity index (χ1n) is 10.3. The molecule has 0 spiro atoms. The van der Waals surface area contributed by atoms with Crippen LogP contribution in [0.5, 0.6) is 0 Å². The molecule has 0 heterocycles. The minimum absolute atomic E-state index is 0.0699. The third kappa shape index (κ3) is 6.37. The van der Waals surface area contributed by atoms with Gasteiger partial charge in [-0.2, -0.15) is 5.10 Å². The Bertz CT molecular complexity index is 1090. The first kappa shape index (κ1) is 22.0. The number of hydrogen-bond acceptors (Lipinski definition) is 3. The van der Waals surface area contributed by atoms with Crippen LogP contribution in [0.3, 0.4) is 0 Å². The van der Waals surface area contributed by atoms with Crippen LogP contribution in [0.1, 0.15) is 36.5 Å². The Balaban J connectivity index is 1.50. The van der Waals surface area contributed by atoms with Crippen molar-refractivity contribution in [3.63, 3.8) is 0 Å². The van der Waals surface area contributed by atoms with Gasteiger partial charge in [-0.25, -0.2) is 5.43 Å². The van der Waals surface area contributed by atoms with Gasteiger partial charge in [0.1, 0.15) is 0 Å². The Morgan fingerprint density at radius 1 is 0.806 bits per heavy atom. The summed E-state index contributed by atoms with van der Waals surface area (Å²) in [6, 6.07) is 24.0. The molecule has 0 aliphatic carbocycles. The number of benzene rings is 3. The zero-order chi connectivity index (χ0) is 22.2. The highest BCUT2D eigenvalue weighted by Crippen LogP contribution is 2.19. The topological polar surface area (TPSA) is 70.6 Å². The van der Waals surface area contributed by atoms with Crippen LogP contribution in [0, 0.1) is 13.8 Å². The van der Waals surface area contributed by atoms with Gasteiger partial charge in [0.25, 0.3) is 0 Å². The van der Waals surface area contributed by atoms with Gasteiger partial charge in [0.05, 0.1) is 5.71 Å². The van der Waals surface area contributed by atoms with Gasteiger partial charge in [0.2, 0.25) is 11.8 Å². The fraction of sp³-hybridized carbons (Fsp3) is 0.192. The molecular weight excluding hydrogens is 386 g/mol. The molecule has 0 unspecified atom stereocenters. The van der Waals surface area contributed by atoms with Crippen LogP contribution in [0.4, 0.5) is 5.69 Å². The van der Waals surface area contributed by atoms with E-state index in [0.717, 1.165) is 33.5 Å². The number of nitrogens with one attached hydrogen (secondary N) is 2. The fourth-order valence-corrected chi connectivity index (χ4v) is 3.11. The SMILES string of the molecule is C/C(=N\NC(=O)CCC(=O)Nc1cc(C)ccc1C)c1ccc(-c2ccccc2)cc1. The molecule has 0 saturated carbocycles. The summed E-state index contributed by atoms with van der Waals surface area (Å²) in [7, 11) is 0. The van der Waals surface area contributed by atoms with E-state index in [2.05, 4.69) is 28.0 Å². The number of hydrazone groups is 1. The molecule has 0 bridgehead atoms. The van der Waals surface area contributed by atoms with E-state index in [1.807, 2.05) is 81.4 Å². The quantitative estimate of drug-likeness (QED) is 0.411. The highest BCUT2D eigenvalue weighted by atomic mass is 16.2. The van der Waals surface area contributed by atoms with E-state index in [1.165, 1.54) is 0 Å². The van der Waals surface area contributed by atoms with E-state index < -0.39 is 0 Å². The zero-order valence-corrected chi connectivity index (χ0v) is 18.1. The number of hydrogen-bond donors (Lipinski definition) is 2. The third-order valence-corrected chi connectivity index (χ3v) is 5.00. The smallest absolute Gasteiger partial charge is 0.240 e. The summed E-state index contributed by atoms with van der Waals surface area (Å²) < 4.78 is 0. The summed E-state index contributed by atoms with van der Waals surface area (Å²) in [6.45, 7) is 5.74. The van der Waals surface area contributed by atoms with Crippen LogP contribution in [-0.2, 0) is 9.59 Å². The molecule has 3 aromatic carbocycles. The van der Waals surface area contributed by atoms with Gasteiger partial charge >= 0.3 is 0 Å². The van der Waals surface area contributed by atoms with Crippen molar-refractivity contribution in [3.05, 3.63) is 89.5 Å². The van der Waals surface area contributed by atoms with Crippen LogP contribution >= 0.6 is 0 Å². The number of carbonyl (C=O) groups is 2. The molecule has 3 aromatic rings. The van der Waals surface area contributed by atoms with Gasteiger partial charge in [-0.3, -0.25) is 9.59 Å². The molecule has 158 valence electrons. The summed E-state index contributed by atoms with van der Waals surface area (Å²) in [5, 5.41) is 7.03. The van der Waals surface area contributed by atoms with Crippen LogP contribution in [0.2, 0.25) is 0 Å². The normalized spacial score (nSPS) is 11.1. The third-order valence-electron chi connectivity index (χ3n) is 5.00. The van der Waals surface area contributed by atoms with Crippen molar-refractivity contribution < 1.29 is 9.59 Å². The molecule has 0 aromatic heterocycles. The summed E-state index contributed by atoms with van der Waals surface area (Å²) in [5.74, 6) is -0.488. The van der Waals surface area contributed by atoms with Crippen LogP contribution in [-0.4, -0.2) is 17.5 Å². The molecule has 0 saturated heterocycles. The average molecular weight is 414 g/mol. The van der Waals surface area contributed by atoms with Crippen molar-refractivity contribution in [2.24, 2.45) is 5.10 Å². The molecule has 0 fully saturated rings. The molecule has 0 atom stereocenters. The summed E-state index contributed by atoms with van der Waals surface area (Å²) in [6.07, 6.45) is 0.167. The second-order valence-corrected chi connectivity index (χ2v) is 7.54. The summed E-state index contributed by atoms with van der Waals surface area (Å²) >= 11 is 0. The molecular formula is C26H27N3O2. The molecule has 0 aliphatic rings. The minimum atomic E-state index is -0.295. The molecule has 0 aliphatic heterocycles. The van der Waals surface area contributed by atoms with Gasteiger partial charge in [0, 0.05) is 18.5 Å². The van der Waals surface area contributed by atoms with Crippen molar-refractivity contribution in [2.75, 3.05) is 5.32 Å². The lowest BCUT2D eigenvalue weighted by Gasteiger charge is -2.09. The molecule has 5 nitrogen and oxygen atoms in total. The average Bonchev–Trinajstić information content (AvgIpc) is 2.79. The van der Waals surface area contributed by atoms with Gasteiger partial charge in [-0.15, -0.1) is 0 Å². The van der Waals surface area contributed by atoms with Crippen LogP contribution in [0.25, 0.3) is 11.1 Å². The highest BCUT2D eigenvalue weighted by Gasteiger charge is 2.09. The van der Waals surface area contributed by atoms with Crippen molar-refractivity contribution in [1.29, 1.82) is 0 Å². The second kappa shape index (κ2) is 10.3. The molecule has 2 N–H and O–H groups in total. The molecule has 5 heteroatoms. The Hall–Kier alpha value is -3.73. The zero-order valence-electron chi connectivity index (χ0n) is 18.1. The maximum absolute atomic E-state index is 12.2. The minimum Gasteiger partial charge on any atom is -0.326 e. The predicted molar refractivity (Wildman–Crippen MR) is 126 cm³/mol. The summed E-state index contributed by atoms with van der Waals surface area (Å²) in [5.41, 5.74) is 9.27. The largest absolute Gasteiger partial charge is 0.326 e. The first-order chi connectivity index (χ1) is 14.9. The molecule has 2 amide bonds. The number of nitrogens with zero attached hydrogens (tertiary/aromatic N) is 1. The number of aryl methyl sites for hydroxylation is 2. The van der Waals surface area contributed by atoms with Crippen molar-refractivity contribution >= 4 is 23.2 Å². The van der Waals surface area contributed by atoms with Gasteiger partial charge in [-0.1, -0.05) is 66.7 Å². The lowest BCUT2D eigenvalue weighted by molar-refractivity contribution is -0.124. The lowest BCUT2D eigenvalue weighted by atomic mass is 10.0. The monoisotopic (exact) mass is 413 g/mol.